The number of alkyl halides is 1. The summed E-state index contributed by atoms with van der Waals surface area (Å²) >= 11 is 3.24. The van der Waals surface area contributed by atoms with Crippen molar-refractivity contribution in [3.63, 3.8) is 0 Å². The van der Waals surface area contributed by atoms with Crippen LogP contribution >= 0.6 is 15.9 Å². The second-order valence-electron chi connectivity index (χ2n) is 9.06. The highest BCUT2D eigenvalue weighted by Crippen LogP contribution is 2.28. The molecule has 2 amide bonds. The molecule has 194 valence electrons. The minimum atomic E-state index is -1.34. The first-order valence-electron chi connectivity index (χ1n) is 11.9. The average molecular weight is 580 g/mol. The van der Waals surface area contributed by atoms with Gasteiger partial charge in [0.2, 0.25) is 0 Å². The normalized spacial score (nSPS) is 17.1. The monoisotopic (exact) mass is 579 g/mol. The molecule has 3 aromatic heterocycles. The molecule has 1 N–H and O–H groups in total. The largest absolute Gasteiger partial charge is 0.323 e. The fourth-order valence-electron chi connectivity index (χ4n) is 4.51. The fourth-order valence-corrected chi connectivity index (χ4v) is 4.85. The van der Waals surface area contributed by atoms with Gasteiger partial charge in [0.25, 0.3) is 0 Å². The number of aryl methyl sites for hydroxylation is 1. The number of hydrogen-bond donors (Lipinski definition) is 1. The molecule has 0 unspecified atom stereocenters. The molecule has 10 nitrogen and oxygen atoms in total. The molecule has 1 fully saturated rings. The number of urea groups is 1. The maximum atomic E-state index is 14.4. The number of ketones is 2. The van der Waals surface area contributed by atoms with E-state index < -0.39 is 24.0 Å². The molecular formula is C26H23BrFN7O3. The summed E-state index contributed by atoms with van der Waals surface area (Å²) in [6.45, 7) is 2.76. The number of carbonyl (C=O) groups is 3. The molecule has 0 radical (unpaired) electrons. The van der Waals surface area contributed by atoms with Crippen LogP contribution in [0.2, 0.25) is 0 Å². The number of anilines is 1. The maximum absolute atomic E-state index is 14.4. The Hall–Kier alpha value is -4.06. The highest BCUT2D eigenvalue weighted by molar-refractivity contribution is 9.10. The van der Waals surface area contributed by atoms with Gasteiger partial charge in [-0.2, -0.15) is 5.10 Å². The number of carbonyl (C=O) groups excluding carboxylic acids is 3. The average Bonchev–Trinajstić information content (AvgIpc) is 3.45. The van der Waals surface area contributed by atoms with Crippen molar-refractivity contribution in [3.8, 4) is 11.1 Å². The van der Waals surface area contributed by atoms with Crippen LogP contribution in [0.25, 0.3) is 22.0 Å². The van der Waals surface area contributed by atoms with Gasteiger partial charge in [-0.3, -0.25) is 19.6 Å². The van der Waals surface area contributed by atoms with E-state index in [-0.39, 0.29) is 36.8 Å². The van der Waals surface area contributed by atoms with Crippen LogP contribution in [0.5, 0.6) is 0 Å². The Kier molecular flexibility index (Phi) is 6.98. The van der Waals surface area contributed by atoms with Gasteiger partial charge in [0.1, 0.15) is 34.7 Å². The van der Waals surface area contributed by atoms with Gasteiger partial charge in [0.05, 0.1) is 18.1 Å². The Morgan fingerprint density at radius 3 is 2.61 bits per heavy atom. The number of nitrogens with one attached hydrogen (secondary N) is 1. The van der Waals surface area contributed by atoms with Crippen molar-refractivity contribution in [1.82, 2.24) is 29.6 Å². The number of Topliss-reactive ketones (excluding diaryl/α,β-unsaturated/α-hetero) is 2. The zero-order valence-electron chi connectivity index (χ0n) is 20.6. The number of halogens is 2. The molecule has 1 saturated heterocycles. The van der Waals surface area contributed by atoms with Gasteiger partial charge in [-0.05, 0) is 52.7 Å². The van der Waals surface area contributed by atoms with Gasteiger partial charge in [-0.1, -0.05) is 12.1 Å². The number of hydrogen-bond acceptors (Lipinski definition) is 7. The molecule has 4 heterocycles. The maximum Gasteiger partial charge on any atom is 0.323 e. The minimum Gasteiger partial charge on any atom is -0.311 e. The van der Waals surface area contributed by atoms with Crippen LogP contribution in [0.4, 0.5) is 15.0 Å². The van der Waals surface area contributed by atoms with Crippen molar-refractivity contribution < 1.29 is 18.8 Å². The van der Waals surface area contributed by atoms with Crippen molar-refractivity contribution in [3.05, 3.63) is 64.9 Å². The quantitative estimate of drug-likeness (QED) is 0.265. The summed E-state index contributed by atoms with van der Waals surface area (Å²) in [5, 5.41) is 7.60. The predicted octanol–water partition coefficient (Wildman–Crippen LogP) is 4.38. The van der Waals surface area contributed by atoms with E-state index in [1.54, 1.807) is 43.6 Å². The Bertz CT molecular complexity index is 1560. The van der Waals surface area contributed by atoms with Gasteiger partial charge >= 0.3 is 6.03 Å². The van der Waals surface area contributed by atoms with Crippen LogP contribution in [0.3, 0.4) is 0 Å². The van der Waals surface area contributed by atoms with E-state index >= 15 is 0 Å². The molecule has 38 heavy (non-hydrogen) atoms. The zero-order chi connectivity index (χ0) is 27.0. The summed E-state index contributed by atoms with van der Waals surface area (Å²) < 4.78 is 16.4. The number of likely N-dealkylation sites (tertiary alicyclic amines) is 1. The van der Waals surface area contributed by atoms with Gasteiger partial charge < -0.3 is 4.90 Å². The Morgan fingerprint density at radius 2 is 1.89 bits per heavy atom. The Balaban J connectivity index is 1.41. The van der Waals surface area contributed by atoms with Crippen molar-refractivity contribution in [1.29, 1.82) is 0 Å². The summed E-state index contributed by atoms with van der Waals surface area (Å²) in [5.41, 5.74) is 2.36. The summed E-state index contributed by atoms with van der Waals surface area (Å²) in [4.78, 5) is 52.4. The second-order valence-corrected chi connectivity index (χ2v) is 9.87. The number of amides is 2. The predicted molar refractivity (Wildman–Crippen MR) is 141 cm³/mol. The second kappa shape index (κ2) is 10.4. The van der Waals surface area contributed by atoms with Crippen molar-refractivity contribution >= 4 is 50.2 Å². The van der Waals surface area contributed by atoms with E-state index in [0.29, 0.717) is 21.3 Å². The standard InChI is InChI=1S/C26H23BrFN7O3/c1-14(36)25-19-8-16(17-10-29-15(2)30-11-17)6-7-20(19)35(33-25)13-22(37)21-9-18(28)12-34(21)26(38)32-24-5-3-4-23(27)31-24/h3-8,10-11,18,21H,9,12-13H2,1-2H3,(H,31,32,38)/t18-,21+/m0/s1. The number of benzene rings is 1. The van der Waals surface area contributed by atoms with E-state index in [1.807, 2.05) is 12.1 Å². The topological polar surface area (TPSA) is 123 Å². The molecule has 2 atom stereocenters. The molecule has 4 aromatic rings. The van der Waals surface area contributed by atoms with E-state index in [4.69, 9.17) is 0 Å². The molecule has 0 saturated carbocycles. The summed E-state index contributed by atoms with van der Waals surface area (Å²) in [6.07, 6.45) is 1.93. The molecule has 12 heteroatoms. The minimum absolute atomic E-state index is 0.117. The van der Waals surface area contributed by atoms with Crippen LogP contribution in [0.15, 0.2) is 53.4 Å². The van der Waals surface area contributed by atoms with Crippen molar-refractivity contribution in [2.75, 3.05) is 11.9 Å². The zero-order valence-corrected chi connectivity index (χ0v) is 22.1. The highest BCUT2D eigenvalue weighted by Gasteiger charge is 2.40. The molecule has 0 bridgehead atoms. The molecule has 0 aliphatic carbocycles. The third kappa shape index (κ3) is 5.17. The molecule has 5 rings (SSSR count). The lowest BCUT2D eigenvalue weighted by molar-refractivity contribution is -0.123. The number of pyridine rings is 1. The lowest BCUT2D eigenvalue weighted by Gasteiger charge is -2.23. The van der Waals surface area contributed by atoms with E-state index in [2.05, 4.69) is 41.3 Å². The SMILES string of the molecule is CC(=O)c1nn(CC(=O)[C@H]2C[C@H](F)CN2C(=O)Nc2cccc(Br)n2)c2ccc(-c3cnc(C)nc3)cc12. The van der Waals surface area contributed by atoms with Crippen molar-refractivity contribution in [2.24, 2.45) is 0 Å². The number of fused-ring (bicyclic) bond motifs is 1. The first kappa shape index (κ1) is 25.6. The molecule has 1 aromatic carbocycles. The lowest BCUT2D eigenvalue weighted by atomic mass is 10.0. The van der Waals surface area contributed by atoms with Crippen LogP contribution in [-0.2, 0) is 11.3 Å². The summed E-state index contributed by atoms with van der Waals surface area (Å²) in [7, 11) is 0. The van der Waals surface area contributed by atoms with Crippen LogP contribution in [0, 0.1) is 6.92 Å². The van der Waals surface area contributed by atoms with Gasteiger partial charge in [0, 0.05) is 36.7 Å². The highest BCUT2D eigenvalue weighted by atomic mass is 79.9. The molecule has 0 spiro atoms. The van der Waals surface area contributed by atoms with E-state index in [1.165, 1.54) is 16.5 Å². The summed E-state index contributed by atoms with van der Waals surface area (Å²) in [6, 6.07) is 8.81. The smallest absolute Gasteiger partial charge is 0.311 e. The van der Waals surface area contributed by atoms with Gasteiger partial charge in [-0.15, -0.1) is 0 Å². The van der Waals surface area contributed by atoms with Gasteiger partial charge in [0.15, 0.2) is 11.6 Å². The fraction of sp³-hybridized carbons (Fsp3) is 0.269. The molecule has 1 aliphatic rings. The number of rotatable bonds is 6. The lowest BCUT2D eigenvalue weighted by Crippen LogP contribution is -2.44. The third-order valence-electron chi connectivity index (χ3n) is 6.34. The first-order valence-corrected chi connectivity index (χ1v) is 12.7. The van der Waals surface area contributed by atoms with E-state index in [0.717, 1.165) is 11.1 Å². The van der Waals surface area contributed by atoms with E-state index in [9.17, 15) is 18.8 Å². The third-order valence-corrected chi connectivity index (χ3v) is 6.78. The number of nitrogens with zero attached hydrogens (tertiary/aromatic N) is 6. The molecular weight excluding hydrogens is 557 g/mol. The first-order chi connectivity index (χ1) is 18.2. The van der Waals surface area contributed by atoms with Crippen LogP contribution in [-0.4, -0.2) is 66.0 Å². The Morgan fingerprint density at radius 1 is 1.13 bits per heavy atom. The van der Waals surface area contributed by atoms with Crippen LogP contribution < -0.4 is 5.32 Å². The Labute approximate surface area is 225 Å². The van der Waals surface area contributed by atoms with Crippen molar-refractivity contribution in [2.45, 2.75) is 39.0 Å². The van der Waals surface area contributed by atoms with Gasteiger partial charge in [-0.25, -0.2) is 24.1 Å². The molecule has 1 aliphatic heterocycles. The van der Waals surface area contributed by atoms with Crippen LogP contribution in [0.1, 0.15) is 29.7 Å². The summed E-state index contributed by atoms with van der Waals surface area (Å²) in [5.74, 6) is 0.268. The number of aromatic nitrogens is 5.